The fourth-order valence-electron chi connectivity index (χ4n) is 0.582. The average molecular weight is 116 g/mol. The van der Waals surface area contributed by atoms with Crippen LogP contribution >= 0.6 is 0 Å². The monoisotopic (exact) mass is 116 g/mol. The zero-order valence-electron chi connectivity index (χ0n) is 5.58. The van der Waals surface area contributed by atoms with Gasteiger partial charge < -0.3 is 0 Å². The topological polar surface area (TPSA) is 0 Å². The summed E-state index contributed by atoms with van der Waals surface area (Å²) in [5.41, 5.74) is 0.924. The molecule has 0 saturated carbocycles. The Morgan fingerprint density at radius 1 is 1.50 bits per heavy atom. The van der Waals surface area contributed by atoms with Gasteiger partial charge >= 0.3 is 0 Å². The molecule has 0 aliphatic rings. The highest BCUT2D eigenvalue weighted by atomic mass is 19.1. The second kappa shape index (κ2) is 4.82. The molecule has 0 radical (unpaired) electrons. The number of hydrogen-bond donors (Lipinski definition) is 0. The van der Waals surface area contributed by atoms with Gasteiger partial charge in [0.15, 0.2) is 0 Å². The molecule has 0 nitrogen and oxygen atoms in total. The molecule has 48 valence electrons. The zero-order valence-corrected chi connectivity index (χ0v) is 5.58. The minimum absolute atomic E-state index is 0.273. The standard InChI is InChI=1S/C7H13F/c1-3-5-7(4-2)6-8/h5H,3-4,6H2,1-2H3. The van der Waals surface area contributed by atoms with E-state index in [0.29, 0.717) is 0 Å². The van der Waals surface area contributed by atoms with E-state index in [4.69, 9.17) is 0 Å². The van der Waals surface area contributed by atoms with E-state index in [9.17, 15) is 4.39 Å². The van der Waals surface area contributed by atoms with E-state index in [0.717, 1.165) is 18.4 Å². The summed E-state index contributed by atoms with van der Waals surface area (Å²) in [7, 11) is 0. The number of allylic oxidation sites excluding steroid dienone is 2. The molecule has 0 heterocycles. The van der Waals surface area contributed by atoms with Crippen molar-refractivity contribution in [1.29, 1.82) is 0 Å². The van der Waals surface area contributed by atoms with Crippen LogP contribution in [-0.2, 0) is 0 Å². The number of halogens is 1. The van der Waals surface area contributed by atoms with Crippen molar-refractivity contribution in [2.45, 2.75) is 26.7 Å². The summed E-state index contributed by atoms with van der Waals surface area (Å²) in [5, 5.41) is 0. The molecule has 0 saturated heterocycles. The van der Waals surface area contributed by atoms with Crippen LogP contribution in [0.15, 0.2) is 11.6 Å². The van der Waals surface area contributed by atoms with Crippen LogP contribution in [0.25, 0.3) is 0 Å². The molecule has 0 aromatic carbocycles. The summed E-state index contributed by atoms with van der Waals surface area (Å²) >= 11 is 0. The molecule has 0 aromatic heterocycles. The maximum absolute atomic E-state index is 11.8. The lowest BCUT2D eigenvalue weighted by Gasteiger charge is -1.93. The van der Waals surface area contributed by atoms with Crippen LogP contribution in [0, 0.1) is 0 Å². The highest BCUT2D eigenvalue weighted by Crippen LogP contribution is 2.01. The molecule has 1 heteroatoms. The molecule has 0 spiro atoms. The number of alkyl halides is 1. The molecule has 0 atom stereocenters. The third-order valence-corrected chi connectivity index (χ3v) is 1.12. The van der Waals surface area contributed by atoms with Crippen LogP contribution in [0.5, 0.6) is 0 Å². The van der Waals surface area contributed by atoms with Crippen molar-refractivity contribution in [3.63, 3.8) is 0 Å². The Morgan fingerprint density at radius 3 is 2.25 bits per heavy atom. The Hall–Kier alpha value is -0.330. The predicted octanol–water partition coefficient (Wildman–Crippen LogP) is 2.70. The Morgan fingerprint density at radius 2 is 2.12 bits per heavy atom. The van der Waals surface area contributed by atoms with Gasteiger partial charge in [-0.25, -0.2) is 4.39 Å². The van der Waals surface area contributed by atoms with Gasteiger partial charge in [-0.05, 0) is 18.4 Å². The first-order chi connectivity index (χ1) is 3.85. The molecule has 0 aliphatic carbocycles. The highest BCUT2D eigenvalue weighted by Gasteiger charge is 1.87. The molecular weight excluding hydrogens is 103 g/mol. The Labute approximate surface area is 50.4 Å². The van der Waals surface area contributed by atoms with Gasteiger partial charge in [0.05, 0.1) is 0 Å². The van der Waals surface area contributed by atoms with Crippen LogP contribution in [0.1, 0.15) is 26.7 Å². The van der Waals surface area contributed by atoms with Gasteiger partial charge in [0, 0.05) is 0 Å². The molecule has 0 N–H and O–H groups in total. The number of rotatable bonds is 3. The fourth-order valence-corrected chi connectivity index (χ4v) is 0.582. The molecule has 0 unspecified atom stereocenters. The quantitative estimate of drug-likeness (QED) is 0.497. The zero-order chi connectivity index (χ0) is 6.41. The van der Waals surface area contributed by atoms with Crippen molar-refractivity contribution in [3.05, 3.63) is 11.6 Å². The van der Waals surface area contributed by atoms with Gasteiger partial charge in [0.1, 0.15) is 6.67 Å². The van der Waals surface area contributed by atoms with Crippen molar-refractivity contribution in [2.75, 3.05) is 6.67 Å². The van der Waals surface area contributed by atoms with Crippen molar-refractivity contribution in [3.8, 4) is 0 Å². The van der Waals surface area contributed by atoms with E-state index < -0.39 is 0 Å². The maximum atomic E-state index is 11.8. The highest BCUT2D eigenvalue weighted by molar-refractivity contribution is 5.00. The molecule has 8 heavy (non-hydrogen) atoms. The molecule has 0 bridgehead atoms. The van der Waals surface area contributed by atoms with E-state index >= 15 is 0 Å². The van der Waals surface area contributed by atoms with Gasteiger partial charge in [-0.3, -0.25) is 0 Å². The van der Waals surface area contributed by atoms with Crippen LogP contribution in [0.3, 0.4) is 0 Å². The lowest BCUT2D eigenvalue weighted by atomic mass is 10.2. The minimum Gasteiger partial charge on any atom is -0.246 e. The van der Waals surface area contributed by atoms with Gasteiger partial charge in [0.2, 0.25) is 0 Å². The second-order valence-electron chi connectivity index (χ2n) is 1.76. The molecule has 0 rings (SSSR count). The van der Waals surface area contributed by atoms with E-state index in [-0.39, 0.29) is 6.67 Å². The van der Waals surface area contributed by atoms with E-state index in [1.54, 1.807) is 0 Å². The smallest absolute Gasteiger partial charge is 0.111 e. The molecular formula is C7H13F. The summed E-state index contributed by atoms with van der Waals surface area (Å²) in [5.74, 6) is 0. The number of hydrogen-bond acceptors (Lipinski definition) is 0. The van der Waals surface area contributed by atoms with Crippen LogP contribution in [-0.4, -0.2) is 6.67 Å². The first kappa shape index (κ1) is 7.67. The van der Waals surface area contributed by atoms with E-state index in [2.05, 4.69) is 0 Å². The Balaban J connectivity index is 3.49. The second-order valence-corrected chi connectivity index (χ2v) is 1.76. The van der Waals surface area contributed by atoms with Gasteiger partial charge in [-0.15, -0.1) is 0 Å². The first-order valence-electron chi connectivity index (χ1n) is 3.09. The first-order valence-corrected chi connectivity index (χ1v) is 3.09. The average Bonchev–Trinajstić information content (AvgIpc) is 1.83. The van der Waals surface area contributed by atoms with Crippen molar-refractivity contribution in [1.82, 2.24) is 0 Å². The predicted molar refractivity (Wildman–Crippen MR) is 34.6 cm³/mol. The van der Waals surface area contributed by atoms with Crippen LogP contribution in [0.2, 0.25) is 0 Å². The molecule has 0 amide bonds. The van der Waals surface area contributed by atoms with Gasteiger partial charge in [0.25, 0.3) is 0 Å². The molecule has 0 fully saturated rings. The lowest BCUT2D eigenvalue weighted by molar-refractivity contribution is 0.533. The summed E-state index contributed by atoms with van der Waals surface area (Å²) in [6.07, 6.45) is 3.75. The van der Waals surface area contributed by atoms with Crippen LogP contribution in [0.4, 0.5) is 4.39 Å². The lowest BCUT2D eigenvalue weighted by Crippen LogP contribution is -1.80. The Bertz CT molecular complexity index is 68.5. The summed E-state index contributed by atoms with van der Waals surface area (Å²) in [6, 6.07) is 0. The summed E-state index contributed by atoms with van der Waals surface area (Å²) < 4.78 is 11.8. The summed E-state index contributed by atoms with van der Waals surface area (Å²) in [6.45, 7) is 3.72. The third-order valence-electron chi connectivity index (χ3n) is 1.12. The van der Waals surface area contributed by atoms with Gasteiger partial charge in [-0.2, -0.15) is 0 Å². The summed E-state index contributed by atoms with van der Waals surface area (Å²) in [4.78, 5) is 0. The van der Waals surface area contributed by atoms with Crippen molar-refractivity contribution >= 4 is 0 Å². The SMILES string of the molecule is CCC=C(CC)CF. The van der Waals surface area contributed by atoms with Crippen molar-refractivity contribution in [2.24, 2.45) is 0 Å². The fraction of sp³-hybridized carbons (Fsp3) is 0.714. The normalized spacial score (nSPS) is 12.1. The van der Waals surface area contributed by atoms with E-state index in [1.807, 2.05) is 19.9 Å². The van der Waals surface area contributed by atoms with Crippen molar-refractivity contribution < 1.29 is 4.39 Å². The minimum atomic E-state index is -0.273. The van der Waals surface area contributed by atoms with Gasteiger partial charge in [-0.1, -0.05) is 19.9 Å². The van der Waals surface area contributed by atoms with E-state index in [1.165, 1.54) is 0 Å². The maximum Gasteiger partial charge on any atom is 0.111 e. The Kier molecular flexibility index (Phi) is 4.62. The third kappa shape index (κ3) is 2.78. The molecule has 0 aromatic rings. The van der Waals surface area contributed by atoms with Crippen LogP contribution < -0.4 is 0 Å². The molecule has 0 aliphatic heterocycles. The largest absolute Gasteiger partial charge is 0.246 e.